The molecule has 142 valence electrons. The van der Waals surface area contributed by atoms with Gasteiger partial charge in [-0.3, -0.25) is 4.79 Å². The van der Waals surface area contributed by atoms with E-state index in [0.29, 0.717) is 6.04 Å². The number of benzene rings is 1. The number of aromatic nitrogens is 5. The van der Waals surface area contributed by atoms with Gasteiger partial charge in [0.1, 0.15) is 24.5 Å². The highest BCUT2D eigenvalue weighted by Crippen LogP contribution is 2.28. The van der Waals surface area contributed by atoms with Crippen LogP contribution in [0.2, 0.25) is 0 Å². The number of fused-ring (bicyclic) bond motifs is 1. The third-order valence-corrected chi connectivity index (χ3v) is 5.60. The molecule has 3 aromatic rings. The molecule has 0 aliphatic carbocycles. The van der Waals surface area contributed by atoms with Gasteiger partial charge in [0, 0.05) is 25.6 Å². The standard InChI is InChI=1S/C20H26N6O/c1-3-17(26-18-8-6-5-7-16(18)23-19(26)4-2)20(27)24-11-9-15(10-12-24)25-13-21-22-14-25/h5-8,13-15,17H,3-4,9-12H2,1-2H3/t17-/m1/s1. The van der Waals surface area contributed by atoms with E-state index in [1.165, 1.54) is 0 Å². The number of amides is 1. The van der Waals surface area contributed by atoms with Crippen molar-refractivity contribution >= 4 is 16.9 Å². The van der Waals surface area contributed by atoms with E-state index in [2.05, 4.69) is 39.2 Å². The molecule has 2 aromatic heterocycles. The van der Waals surface area contributed by atoms with Gasteiger partial charge in [-0.1, -0.05) is 26.0 Å². The van der Waals surface area contributed by atoms with E-state index in [4.69, 9.17) is 4.98 Å². The molecule has 7 nitrogen and oxygen atoms in total. The highest BCUT2D eigenvalue weighted by molar-refractivity contribution is 5.84. The lowest BCUT2D eigenvalue weighted by molar-refractivity contribution is -0.136. The summed E-state index contributed by atoms with van der Waals surface area (Å²) in [4.78, 5) is 20.1. The fourth-order valence-corrected chi connectivity index (χ4v) is 4.15. The van der Waals surface area contributed by atoms with Crippen molar-refractivity contribution in [2.24, 2.45) is 0 Å². The summed E-state index contributed by atoms with van der Waals surface area (Å²) in [6.45, 7) is 5.72. The molecule has 0 spiro atoms. The molecule has 1 aliphatic rings. The molecule has 1 aromatic carbocycles. The van der Waals surface area contributed by atoms with Crippen LogP contribution in [0, 0.1) is 0 Å². The molecule has 1 saturated heterocycles. The third-order valence-electron chi connectivity index (χ3n) is 5.60. The Bertz CT molecular complexity index is 908. The molecule has 0 unspecified atom stereocenters. The predicted octanol–water partition coefficient (Wildman–Crippen LogP) is 3.01. The second-order valence-corrected chi connectivity index (χ2v) is 7.13. The first-order chi connectivity index (χ1) is 13.2. The number of imidazole rings is 1. The zero-order chi connectivity index (χ0) is 18.8. The number of piperidine rings is 1. The van der Waals surface area contributed by atoms with Crippen LogP contribution in [0.1, 0.15) is 51.0 Å². The number of carbonyl (C=O) groups excluding carboxylic acids is 1. The van der Waals surface area contributed by atoms with Crippen molar-refractivity contribution in [3.05, 3.63) is 42.7 Å². The highest BCUT2D eigenvalue weighted by Gasteiger charge is 2.30. The molecule has 0 bridgehead atoms. The van der Waals surface area contributed by atoms with Gasteiger partial charge in [0.05, 0.1) is 11.0 Å². The Morgan fingerprint density at radius 3 is 2.52 bits per heavy atom. The predicted molar refractivity (Wildman–Crippen MR) is 103 cm³/mol. The fraction of sp³-hybridized carbons (Fsp3) is 0.500. The van der Waals surface area contributed by atoms with Gasteiger partial charge in [0.15, 0.2) is 0 Å². The number of hydrogen-bond acceptors (Lipinski definition) is 4. The monoisotopic (exact) mass is 366 g/mol. The van der Waals surface area contributed by atoms with Gasteiger partial charge >= 0.3 is 0 Å². The van der Waals surface area contributed by atoms with Gasteiger partial charge in [-0.25, -0.2) is 4.98 Å². The first-order valence-corrected chi connectivity index (χ1v) is 9.81. The number of hydrogen-bond donors (Lipinski definition) is 0. The third kappa shape index (κ3) is 3.22. The maximum Gasteiger partial charge on any atom is 0.245 e. The van der Waals surface area contributed by atoms with E-state index in [1.807, 2.05) is 23.1 Å². The molecule has 0 saturated carbocycles. The van der Waals surface area contributed by atoms with Crippen LogP contribution in [0.5, 0.6) is 0 Å². The Kier molecular flexibility index (Phi) is 4.92. The zero-order valence-corrected chi connectivity index (χ0v) is 16.0. The smallest absolute Gasteiger partial charge is 0.245 e. The van der Waals surface area contributed by atoms with Gasteiger partial charge in [-0.2, -0.15) is 0 Å². The number of aryl methyl sites for hydroxylation is 1. The van der Waals surface area contributed by atoms with Crippen molar-refractivity contribution in [2.45, 2.75) is 51.6 Å². The van der Waals surface area contributed by atoms with Crippen LogP contribution >= 0.6 is 0 Å². The van der Waals surface area contributed by atoms with Crippen LogP contribution in [0.25, 0.3) is 11.0 Å². The Balaban J connectivity index is 1.56. The van der Waals surface area contributed by atoms with Gasteiger partial charge in [-0.15, -0.1) is 10.2 Å². The molecule has 1 atom stereocenters. The Morgan fingerprint density at radius 1 is 1.15 bits per heavy atom. The number of nitrogens with zero attached hydrogens (tertiary/aromatic N) is 6. The summed E-state index contributed by atoms with van der Waals surface area (Å²) in [5.41, 5.74) is 2.01. The summed E-state index contributed by atoms with van der Waals surface area (Å²) < 4.78 is 4.21. The molecule has 0 N–H and O–H groups in total. The number of para-hydroxylation sites is 2. The van der Waals surface area contributed by atoms with E-state index in [0.717, 1.165) is 55.6 Å². The van der Waals surface area contributed by atoms with Crippen molar-refractivity contribution < 1.29 is 4.79 Å². The summed E-state index contributed by atoms with van der Waals surface area (Å²) in [7, 11) is 0. The average molecular weight is 366 g/mol. The normalized spacial score (nSPS) is 16.7. The lowest BCUT2D eigenvalue weighted by Crippen LogP contribution is -2.42. The second-order valence-electron chi connectivity index (χ2n) is 7.13. The molecule has 3 heterocycles. The SMILES string of the molecule is CCc1nc2ccccc2n1[C@H](CC)C(=O)N1CCC(n2cnnc2)CC1. The minimum Gasteiger partial charge on any atom is -0.341 e. The van der Waals surface area contributed by atoms with Gasteiger partial charge < -0.3 is 14.0 Å². The van der Waals surface area contributed by atoms with Crippen molar-refractivity contribution in [1.29, 1.82) is 0 Å². The quantitative estimate of drug-likeness (QED) is 0.696. The molecule has 0 radical (unpaired) electrons. The van der Waals surface area contributed by atoms with Crippen molar-refractivity contribution in [1.82, 2.24) is 29.2 Å². The number of rotatable bonds is 5. The summed E-state index contributed by atoms with van der Waals surface area (Å²) in [6, 6.07) is 8.28. The lowest BCUT2D eigenvalue weighted by atomic mass is 10.0. The number of carbonyl (C=O) groups is 1. The summed E-state index contributed by atoms with van der Waals surface area (Å²) in [5.74, 6) is 1.19. The molecule has 4 rings (SSSR count). The average Bonchev–Trinajstić information content (AvgIpc) is 3.37. The maximum atomic E-state index is 13.4. The zero-order valence-electron chi connectivity index (χ0n) is 16.0. The van der Waals surface area contributed by atoms with Gasteiger partial charge in [0.25, 0.3) is 0 Å². The highest BCUT2D eigenvalue weighted by atomic mass is 16.2. The molecule has 1 aliphatic heterocycles. The summed E-state index contributed by atoms with van der Waals surface area (Å²) >= 11 is 0. The van der Waals surface area contributed by atoms with Crippen LogP contribution in [0.4, 0.5) is 0 Å². The maximum absolute atomic E-state index is 13.4. The number of likely N-dealkylation sites (tertiary alicyclic amines) is 1. The van der Waals surface area contributed by atoms with E-state index >= 15 is 0 Å². The molecule has 1 fully saturated rings. The van der Waals surface area contributed by atoms with E-state index in [-0.39, 0.29) is 11.9 Å². The molecular weight excluding hydrogens is 340 g/mol. The largest absolute Gasteiger partial charge is 0.341 e. The van der Waals surface area contributed by atoms with Crippen LogP contribution in [-0.2, 0) is 11.2 Å². The molecular formula is C20H26N6O. The van der Waals surface area contributed by atoms with Gasteiger partial charge in [-0.05, 0) is 31.4 Å². The van der Waals surface area contributed by atoms with Crippen LogP contribution in [-0.4, -0.2) is 48.2 Å². The van der Waals surface area contributed by atoms with Crippen molar-refractivity contribution in [3.63, 3.8) is 0 Å². The minimum absolute atomic E-state index is 0.196. The first-order valence-electron chi connectivity index (χ1n) is 9.81. The Morgan fingerprint density at radius 2 is 1.85 bits per heavy atom. The van der Waals surface area contributed by atoms with Crippen LogP contribution < -0.4 is 0 Å². The molecule has 27 heavy (non-hydrogen) atoms. The van der Waals surface area contributed by atoms with E-state index < -0.39 is 0 Å². The minimum atomic E-state index is -0.196. The van der Waals surface area contributed by atoms with Gasteiger partial charge in [0.2, 0.25) is 5.91 Å². The lowest BCUT2D eigenvalue weighted by Gasteiger charge is -2.35. The summed E-state index contributed by atoms with van der Waals surface area (Å²) in [6.07, 6.45) is 6.98. The fourth-order valence-electron chi connectivity index (χ4n) is 4.15. The van der Waals surface area contributed by atoms with E-state index in [9.17, 15) is 4.79 Å². The van der Waals surface area contributed by atoms with Crippen molar-refractivity contribution in [2.75, 3.05) is 13.1 Å². The molecule has 7 heteroatoms. The van der Waals surface area contributed by atoms with Crippen LogP contribution in [0.15, 0.2) is 36.9 Å². The Labute approximate surface area is 159 Å². The van der Waals surface area contributed by atoms with E-state index in [1.54, 1.807) is 12.7 Å². The van der Waals surface area contributed by atoms with Crippen molar-refractivity contribution in [3.8, 4) is 0 Å². The second kappa shape index (κ2) is 7.50. The molecule has 1 amide bonds. The summed E-state index contributed by atoms with van der Waals surface area (Å²) in [5, 5.41) is 7.79. The van der Waals surface area contributed by atoms with Crippen LogP contribution in [0.3, 0.4) is 0 Å². The first kappa shape index (κ1) is 17.7. The topological polar surface area (TPSA) is 68.8 Å². The Hall–Kier alpha value is -2.70.